The number of halogens is 1. The normalized spacial score (nSPS) is 12.9. The Morgan fingerprint density at radius 3 is 2.69 bits per heavy atom. The number of hydrogen-bond donors (Lipinski definition) is 2. The van der Waals surface area contributed by atoms with E-state index in [1.54, 1.807) is 31.5 Å². The first-order valence-corrected chi connectivity index (χ1v) is 9.76. The van der Waals surface area contributed by atoms with Gasteiger partial charge in [-0.2, -0.15) is 0 Å². The number of hydrogen-bond acceptors (Lipinski definition) is 8. The summed E-state index contributed by atoms with van der Waals surface area (Å²) >= 11 is 0. The number of aliphatic imine (C=N–C) groups is 1. The molecule has 0 aliphatic carbocycles. The van der Waals surface area contributed by atoms with Gasteiger partial charge in [-0.25, -0.2) is 14.8 Å². The van der Waals surface area contributed by atoms with Crippen molar-refractivity contribution in [2.24, 2.45) is 4.99 Å². The maximum absolute atomic E-state index is 12.5. The molecule has 1 aliphatic heterocycles. The number of allylic oxidation sites excluding steroid dienone is 1. The molecule has 0 saturated heterocycles. The molecule has 0 saturated carbocycles. The highest BCUT2D eigenvalue weighted by Crippen LogP contribution is 2.39. The van der Waals surface area contributed by atoms with Crippen LogP contribution in [-0.4, -0.2) is 43.0 Å². The van der Waals surface area contributed by atoms with Gasteiger partial charge in [0, 0.05) is 49.0 Å². The van der Waals surface area contributed by atoms with Crippen LogP contribution in [0.15, 0.2) is 52.0 Å². The van der Waals surface area contributed by atoms with E-state index in [1.165, 1.54) is 0 Å². The predicted octanol–water partition coefficient (Wildman–Crippen LogP) is 5.04. The number of aromatic nitrogens is 1. The monoisotopic (exact) mass is 454 g/mol. The lowest BCUT2D eigenvalue weighted by Gasteiger charge is -2.13. The highest BCUT2D eigenvalue weighted by Gasteiger charge is 2.27. The van der Waals surface area contributed by atoms with Crippen LogP contribution >= 0.6 is 12.4 Å². The molecule has 2 aromatic heterocycles. The molecule has 3 heterocycles. The van der Waals surface area contributed by atoms with Gasteiger partial charge in [0.25, 0.3) is 0 Å². The number of esters is 1. The van der Waals surface area contributed by atoms with Crippen LogP contribution < -0.4 is 10.2 Å². The van der Waals surface area contributed by atoms with E-state index in [1.807, 2.05) is 49.3 Å². The Morgan fingerprint density at radius 2 is 2.00 bits per heavy atom. The van der Waals surface area contributed by atoms with E-state index in [4.69, 9.17) is 9.15 Å². The first-order chi connectivity index (χ1) is 15.0. The third kappa shape index (κ3) is 4.45. The minimum absolute atomic E-state index is 0. The zero-order valence-electron chi connectivity index (χ0n) is 17.8. The first kappa shape index (κ1) is 22.9. The largest absolute Gasteiger partial charge is 0.504 e. The van der Waals surface area contributed by atoms with Gasteiger partial charge in [-0.3, -0.25) is 0 Å². The number of carbonyl (C=O) groups is 1. The third-order valence-electron chi connectivity index (χ3n) is 4.74. The second-order valence-electron chi connectivity index (χ2n) is 7.04. The van der Waals surface area contributed by atoms with Gasteiger partial charge in [0.1, 0.15) is 0 Å². The predicted molar refractivity (Wildman–Crippen MR) is 128 cm³/mol. The van der Waals surface area contributed by atoms with E-state index in [0.29, 0.717) is 17.1 Å². The molecule has 0 fully saturated rings. The van der Waals surface area contributed by atoms with Crippen LogP contribution in [0.25, 0.3) is 11.6 Å². The molecule has 0 unspecified atom stereocenters. The number of aromatic hydroxyl groups is 1. The van der Waals surface area contributed by atoms with E-state index < -0.39 is 5.97 Å². The van der Waals surface area contributed by atoms with Crippen molar-refractivity contribution in [3.05, 3.63) is 59.5 Å². The molecular formula is C23H23ClN4O4. The van der Waals surface area contributed by atoms with Gasteiger partial charge in [-0.05, 0) is 49.4 Å². The highest BCUT2D eigenvalue weighted by molar-refractivity contribution is 6.21. The van der Waals surface area contributed by atoms with Gasteiger partial charge in [0.15, 0.2) is 22.9 Å². The number of nitrogens with zero attached hydrogens (tertiary/aromatic N) is 3. The average Bonchev–Trinajstić information content (AvgIpc) is 3.30. The maximum Gasteiger partial charge on any atom is 0.347 e. The van der Waals surface area contributed by atoms with E-state index in [0.717, 1.165) is 11.3 Å². The van der Waals surface area contributed by atoms with Crippen LogP contribution in [0, 0.1) is 0 Å². The van der Waals surface area contributed by atoms with Crippen molar-refractivity contribution in [1.82, 2.24) is 4.98 Å². The summed E-state index contributed by atoms with van der Waals surface area (Å²) in [6, 6.07) is 11.2. The number of fused-ring (bicyclic) bond motifs is 1. The number of rotatable bonds is 6. The SMILES string of the molecule is CCOC(=O)c1c(Nc2ccc(N(C)C)cc2)oc(/C=C2\C=Nc3ncccc32)c1O.Cl. The fraction of sp³-hybridized carbons (Fsp3) is 0.174. The van der Waals surface area contributed by atoms with Gasteiger partial charge in [0.05, 0.1) is 6.61 Å². The lowest BCUT2D eigenvalue weighted by molar-refractivity contribution is 0.0524. The summed E-state index contributed by atoms with van der Waals surface area (Å²) in [5, 5.41) is 13.8. The number of nitrogens with one attached hydrogen (secondary N) is 1. The lowest BCUT2D eigenvalue weighted by atomic mass is 10.1. The van der Waals surface area contributed by atoms with Crippen molar-refractivity contribution in [3.8, 4) is 5.75 Å². The number of anilines is 3. The van der Waals surface area contributed by atoms with Gasteiger partial charge >= 0.3 is 5.97 Å². The Kier molecular flexibility index (Phi) is 6.85. The summed E-state index contributed by atoms with van der Waals surface area (Å²) in [6.45, 7) is 1.87. The van der Waals surface area contributed by atoms with Crippen molar-refractivity contribution < 1.29 is 19.1 Å². The van der Waals surface area contributed by atoms with Crippen LogP contribution in [-0.2, 0) is 4.74 Å². The average molecular weight is 455 g/mol. The summed E-state index contributed by atoms with van der Waals surface area (Å²) < 4.78 is 11.0. The Bertz CT molecular complexity index is 1180. The van der Waals surface area contributed by atoms with Crippen molar-refractivity contribution in [2.75, 3.05) is 30.9 Å². The summed E-state index contributed by atoms with van der Waals surface area (Å²) in [6.07, 6.45) is 4.91. The van der Waals surface area contributed by atoms with Crippen molar-refractivity contribution in [1.29, 1.82) is 0 Å². The summed E-state index contributed by atoms with van der Waals surface area (Å²) in [5.41, 5.74) is 3.18. The molecule has 1 aromatic carbocycles. The quantitative estimate of drug-likeness (QED) is 0.503. The second-order valence-corrected chi connectivity index (χ2v) is 7.04. The molecule has 166 valence electrons. The molecular weight excluding hydrogens is 432 g/mol. The third-order valence-corrected chi connectivity index (χ3v) is 4.74. The van der Waals surface area contributed by atoms with Crippen LogP contribution in [0.4, 0.5) is 23.1 Å². The summed E-state index contributed by atoms with van der Waals surface area (Å²) in [7, 11) is 3.90. The number of pyridine rings is 1. The zero-order chi connectivity index (χ0) is 22.0. The van der Waals surface area contributed by atoms with Crippen molar-refractivity contribution in [3.63, 3.8) is 0 Å². The Morgan fingerprint density at radius 1 is 1.25 bits per heavy atom. The number of carbonyl (C=O) groups excluding carboxylic acids is 1. The summed E-state index contributed by atoms with van der Waals surface area (Å²) in [4.78, 5) is 23.0. The Hall–Kier alpha value is -3.78. The second kappa shape index (κ2) is 9.57. The molecule has 0 bridgehead atoms. The first-order valence-electron chi connectivity index (χ1n) is 9.76. The van der Waals surface area contributed by atoms with Crippen LogP contribution in [0.3, 0.4) is 0 Å². The zero-order valence-corrected chi connectivity index (χ0v) is 18.6. The molecule has 0 atom stereocenters. The van der Waals surface area contributed by atoms with E-state index >= 15 is 0 Å². The lowest BCUT2D eigenvalue weighted by Crippen LogP contribution is -2.08. The fourth-order valence-electron chi connectivity index (χ4n) is 3.17. The standard InChI is InChI=1S/C23H22N4O4.ClH/c1-4-30-23(29)19-20(28)18(12-14-13-25-21-17(14)6-5-11-24-21)31-22(19)26-15-7-9-16(10-8-15)27(2)3;/h5-13,26,28H,4H2,1-3H3;1H/b14-12+;. The van der Waals surface area contributed by atoms with Crippen molar-refractivity contribution in [2.45, 2.75) is 6.92 Å². The molecule has 8 nitrogen and oxygen atoms in total. The molecule has 32 heavy (non-hydrogen) atoms. The topological polar surface area (TPSA) is 100 Å². The van der Waals surface area contributed by atoms with Crippen molar-refractivity contribution >= 4 is 59.3 Å². The number of ether oxygens (including phenoxy) is 1. The molecule has 1 aliphatic rings. The van der Waals surface area contributed by atoms with Gasteiger partial charge in [-0.1, -0.05) is 0 Å². The van der Waals surface area contributed by atoms with E-state index in [-0.39, 0.29) is 42.0 Å². The number of benzene rings is 1. The molecule has 0 amide bonds. The molecule has 2 N–H and O–H groups in total. The Balaban J connectivity index is 0.00000289. The van der Waals surface area contributed by atoms with Gasteiger partial charge in [-0.15, -0.1) is 12.4 Å². The minimum atomic E-state index is -0.678. The van der Waals surface area contributed by atoms with E-state index in [2.05, 4.69) is 15.3 Å². The van der Waals surface area contributed by atoms with Crippen LogP contribution in [0.5, 0.6) is 5.75 Å². The van der Waals surface area contributed by atoms with Crippen LogP contribution in [0.1, 0.15) is 28.6 Å². The van der Waals surface area contributed by atoms with Gasteiger partial charge < -0.3 is 24.5 Å². The van der Waals surface area contributed by atoms with Gasteiger partial charge in [0.2, 0.25) is 5.88 Å². The number of furan rings is 1. The molecule has 3 aromatic rings. The summed E-state index contributed by atoms with van der Waals surface area (Å²) in [5.74, 6) is -0.174. The smallest absolute Gasteiger partial charge is 0.347 e. The van der Waals surface area contributed by atoms with E-state index in [9.17, 15) is 9.90 Å². The highest BCUT2D eigenvalue weighted by atomic mass is 35.5. The molecule has 0 spiro atoms. The molecule has 9 heteroatoms. The fourth-order valence-corrected chi connectivity index (χ4v) is 3.17. The van der Waals surface area contributed by atoms with Crippen LogP contribution in [0.2, 0.25) is 0 Å². The molecule has 0 radical (unpaired) electrons. The maximum atomic E-state index is 12.5. The minimum Gasteiger partial charge on any atom is -0.504 e. The molecule has 4 rings (SSSR count). The Labute approximate surface area is 191 Å².